The van der Waals surface area contributed by atoms with Gasteiger partial charge in [-0.3, -0.25) is 0 Å². The molecule has 7 heteroatoms. The monoisotopic (exact) mass is 284 g/mol. The molecule has 0 aliphatic carbocycles. The molecule has 108 valence electrons. The summed E-state index contributed by atoms with van der Waals surface area (Å²) < 4.78 is 38.8. The first-order valence-corrected chi connectivity index (χ1v) is 6.22. The van der Waals surface area contributed by atoms with Gasteiger partial charge in [0.05, 0.1) is 11.8 Å². The molecule has 0 saturated carbocycles. The molecular weight excluding hydrogens is 269 g/mol. The fourth-order valence-corrected chi connectivity index (χ4v) is 1.77. The zero-order valence-electron chi connectivity index (χ0n) is 11.0. The van der Waals surface area contributed by atoms with Gasteiger partial charge in [-0.25, -0.2) is 9.67 Å². The lowest BCUT2D eigenvalue weighted by Crippen LogP contribution is -2.08. The summed E-state index contributed by atoms with van der Waals surface area (Å²) in [4.78, 5) is 3.79. The van der Waals surface area contributed by atoms with Crippen LogP contribution in [0.15, 0.2) is 30.7 Å². The van der Waals surface area contributed by atoms with E-state index in [1.807, 2.05) is 7.05 Å². The average Bonchev–Trinajstić information content (AvgIpc) is 2.87. The second-order valence-electron chi connectivity index (χ2n) is 4.40. The van der Waals surface area contributed by atoms with Crippen LogP contribution in [0.25, 0.3) is 5.82 Å². The Morgan fingerprint density at radius 1 is 1.25 bits per heavy atom. The zero-order valence-corrected chi connectivity index (χ0v) is 11.0. The van der Waals surface area contributed by atoms with E-state index in [9.17, 15) is 13.2 Å². The number of hydrogen-bond acceptors (Lipinski definition) is 3. The molecule has 0 spiro atoms. The Hall–Kier alpha value is -1.89. The summed E-state index contributed by atoms with van der Waals surface area (Å²) in [5, 5.41) is 7.16. The molecule has 0 fully saturated rings. The molecule has 0 unspecified atom stereocenters. The molecule has 20 heavy (non-hydrogen) atoms. The fraction of sp³-hybridized carbons (Fsp3) is 0.385. The maximum absolute atomic E-state index is 12.4. The lowest BCUT2D eigenvalue weighted by Gasteiger charge is -2.06. The summed E-state index contributed by atoms with van der Waals surface area (Å²) in [5.74, 6) is 0.373. The molecule has 2 aromatic heterocycles. The van der Waals surface area contributed by atoms with Gasteiger partial charge >= 0.3 is 6.18 Å². The van der Waals surface area contributed by atoms with Crippen LogP contribution in [-0.2, 0) is 12.6 Å². The van der Waals surface area contributed by atoms with E-state index in [0.29, 0.717) is 5.82 Å². The summed E-state index contributed by atoms with van der Waals surface area (Å²) >= 11 is 0. The molecule has 0 radical (unpaired) electrons. The van der Waals surface area contributed by atoms with E-state index in [1.165, 1.54) is 10.7 Å². The van der Waals surface area contributed by atoms with E-state index >= 15 is 0 Å². The molecule has 2 rings (SSSR count). The van der Waals surface area contributed by atoms with E-state index in [4.69, 9.17) is 0 Å². The normalized spacial score (nSPS) is 11.8. The molecule has 0 aromatic carbocycles. The van der Waals surface area contributed by atoms with Crippen LogP contribution >= 0.6 is 0 Å². The molecule has 0 saturated heterocycles. The molecule has 0 bridgehead atoms. The van der Waals surface area contributed by atoms with Gasteiger partial charge in [-0.15, -0.1) is 0 Å². The molecule has 4 nitrogen and oxygen atoms in total. The smallest absolute Gasteiger partial charge is 0.320 e. The molecule has 0 amide bonds. The minimum atomic E-state index is -4.37. The van der Waals surface area contributed by atoms with Crippen molar-refractivity contribution in [3.63, 3.8) is 0 Å². The van der Waals surface area contributed by atoms with Crippen molar-refractivity contribution in [3.8, 4) is 5.82 Å². The molecule has 0 aliphatic heterocycles. The van der Waals surface area contributed by atoms with Crippen molar-refractivity contribution in [1.82, 2.24) is 20.1 Å². The van der Waals surface area contributed by atoms with E-state index in [-0.39, 0.29) is 0 Å². The van der Waals surface area contributed by atoms with Crippen LogP contribution in [0.1, 0.15) is 17.5 Å². The first-order chi connectivity index (χ1) is 9.50. The summed E-state index contributed by atoms with van der Waals surface area (Å²) in [6.45, 7) is 0.906. The van der Waals surface area contributed by atoms with Gasteiger partial charge in [0.25, 0.3) is 0 Å². The maximum atomic E-state index is 12.4. The van der Waals surface area contributed by atoms with E-state index < -0.39 is 11.7 Å². The Kier molecular flexibility index (Phi) is 4.39. The SMILES string of the molecule is CNCCCc1cnn(-c2ccc(C(F)(F)F)cn2)c1. The molecule has 2 aromatic rings. The van der Waals surface area contributed by atoms with Gasteiger partial charge in [-0.05, 0) is 44.1 Å². The third-order valence-electron chi connectivity index (χ3n) is 2.84. The number of rotatable bonds is 5. The van der Waals surface area contributed by atoms with Gasteiger partial charge < -0.3 is 5.32 Å². The summed E-state index contributed by atoms with van der Waals surface area (Å²) in [5.41, 5.74) is 0.268. The van der Waals surface area contributed by atoms with Crippen molar-refractivity contribution in [2.24, 2.45) is 0 Å². The largest absolute Gasteiger partial charge is 0.417 e. The number of aromatic nitrogens is 3. The standard InChI is InChI=1S/C13H15F3N4/c1-17-6-2-3-10-7-19-20(9-10)12-5-4-11(8-18-12)13(14,15)16/h4-5,7-9,17H,2-3,6H2,1H3. The highest BCUT2D eigenvalue weighted by molar-refractivity contribution is 5.27. The number of pyridine rings is 1. The van der Waals surface area contributed by atoms with E-state index in [1.54, 1.807) is 12.4 Å². The highest BCUT2D eigenvalue weighted by Gasteiger charge is 2.30. The second kappa shape index (κ2) is 6.04. The predicted molar refractivity (Wildman–Crippen MR) is 68.6 cm³/mol. The Labute approximate surface area is 114 Å². The summed E-state index contributed by atoms with van der Waals surface area (Å²) in [7, 11) is 1.88. The van der Waals surface area contributed by atoms with Crippen LogP contribution in [0.4, 0.5) is 13.2 Å². The van der Waals surface area contributed by atoms with Crippen molar-refractivity contribution < 1.29 is 13.2 Å². The van der Waals surface area contributed by atoms with Gasteiger partial charge in [-0.2, -0.15) is 18.3 Å². The van der Waals surface area contributed by atoms with E-state index in [0.717, 1.165) is 37.2 Å². The number of nitrogens with one attached hydrogen (secondary N) is 1. The lowest BCUT2D eigenvalue weighted by atomic mass is 10.2. The van der Waals surface area contributed by atoms with Gasteiger partial charge in [0.1, 0.15) is 0 Å². The quantitative estimate of drug-likeness (QED) is 0.858. The van der Waals surface area contributed by atoms with Crippen molar-refractivity contribution in [3.05, 3.63) is 41.9 Å². The predicted octanol–water partition coefficient (Wildman–Crippen LogP) is 2.44. The zero-order chi connectivity index (χ0) is 14.6. The average molecular weight is 284 g/mol. The molecule has 2 heterocycles. The second-order valence-corrected chi connectivity index (χ2v) is 4.40. The fourth-order valence-electron chi connectivity index (χ4n) is 1.77. The maximum Gasteiger partial charge on any atom is 0.417 e. The minimum Gasteiger partial charge on any atom is -0.320 e. The lowest BCUT2D eigenvalue weighted by molar-refractivity contribution is -0.137. The highest BCUT2D eigenvalue weighted by atomic mass is 19.4. The van der Waals surface area contributed by atoms with Crippen molar-refractivity contribution >= 4 is 0 Å². The van der Waals surface area contributed by atoms with Gasteiger partial charge in [0.15, 0.2) is 5.82 Å². The number of alkyl halides is 3. The van der Waals surface area contributed by atoms with Crippen LogP contribution in [0.3, 0.4) is 0 Å². The van der Waals surface area contributed by atoms with Crippen LogP contribution < -0.4 is 5.32 Å². The molecule has 1 N–H and O–H groups in total. The third kappa shape index (κ3) is 3.57. The summed E-state index contributed by atoms with van der Waals surface area (Å²) in [6, 6.07) is 2.32. The Balaban J connectivity index is 2.08. The Bertz CT molecular complexity index is 545. The molecular formula is C13H15F3N4. The van der Waals surface area contributed by atoms with Crippen LogP contribution in [-0.4, -0.2) is 28.4 Å². The van der Waals surface area contributed by atoms with Gasteiger partial charge in [0, 0.05) is 12.4 Å². The number of hydrogen-bond donors (Lipinski definition) is 1. The van der Waals surface area contributed by atoms with Crippen LogP contribution in [0.5, 0.6) is 0 Å². The number of nitrogens with zero attached hydrogens (tertiary/aromatic N) is 3. The minimum absolute atomic E-state index is 0.373. The summed E-state index contributed by atoms with van der Waals surface area (Å²) in [6.07, 6.45) is 1.77. The van der Waals surface area contributed by atoms with Crippen LogP contribution in [0, 0.1) is 0 Å². The Morgan fingerprint density at radius 3 is 2.65 bits per heavy atom. The van der Waals surface area contributed by atoms with Crippen molar-refractivity contribution in [2.45, 2.75) is 19.0 Å². The number of halogens is 3. The van der Waals surface area contributed by atoms with Gasteiger partial charge in [-0.1, -0.05) is 0 Å². The molecule has 0 atom stereocenters. The van der Waals surface area contributed by atoms with E-state index in [2.05, 4.69) is 15.4 Å². The topological polar surface area (TPSA) is 42.7 Å². The number of aryl methyl sites for hydroxylation is 1. The van der Waals surface area contributed by atoms with Crippen molar-refractivity contribution in [1.29, 1.82) is 0 Å². The van der Waals surface area contributed by atoms with Crippen molar-refractivity contribution in [2.75, 3.05) is 13.6 Å². The van der Waals surface area contributed by atoms with Gasteiger partial charge in [0.2, 0.25) is 0 Å². The first kappa shape index (κ1) is 14.5. The first-order valence-electron chi connectivity index (χ1n) is 6.22. The third-order valence-corrected chi connectivity index (χ3v) is 2.84. The highest BCUT2D eigenvalue weighted by Crippen LogP contribution is 2.28. The van der Waals surface area contributed by atoms with Crippen LogP contribution in [0.2, 0.25) is 0 Å². The molecule has 0 aliphatic rings. The Morgan fingerprint density at radius 2 is 2.05 bits per heavy atom.